The zero-order valence-electron chi connectivity index (χ0n) is 20.4. The van der Waals surface area contributed by atoms with Gasteiger partial charge in [-0.1, -0.05) is 12.1 Å². The number of aliphatic hydroxyl groups excluding tert-OH is 1. The van der Waals surface area contributed by atoms with Crippen molar-refractivity contribution < 1.29 is 23.8 Å². The second-order valence-corrected chi connectivity index (χ2v) is 8.79. The van der Waals surface area contributed by atoms with Gasteiger partial charge in [-0.15, -0.1) is 0 Å². The summed E-state index contributed by atoms with van der Waals surface area (Å²) < 4.78 is 26.6. The van der Waals surface area contributed by atoms with Crippen LogP contribution in [0.4, 0.5) is 4.39 Å². The van der Waals surface area contributed by atoms with E-state index in [1.165, 1.54) is 12.1 Å². The molecule has 3 aromatic carbocycles. The van der Waals surface area contributed by atoms with Gasteiger partial charge < -0.3 is 19.5 Å². The third kappa shape index (κ3) is 5.73. The Kier molecular flexibility index (Phi) is 7.62. The SMILES string of the molecule is O=C(c1ccc2c(c1)ncn2-c1ccccc1OCCOc1ccc(F)cc1)N1CCN(CCO)CC1. The molecular weight excluding hydrogens is 475 g/mol. The topological polar surface area (TPSA) is 80.1 Å². The number of rotatable bonds is 9. The molecule has 0 radical (unpaired) electrons. The number of halogens is 1. The Bertz CT molecular complexity index is 1350. The Balaban J connectivity index is 1.26. The number of carbonyl (C=O) groups excluding carboxylic acids is 1. The van der Waals surface area contributed by atoms with E-state index < -0.39 is 0 Å². The average Bonchev–Trinajstić information content (AvgIpc) is 3.36. The van der Waals surface area contributed by atoms with E-state index in [1.54, 1.807) is 18.5 Å². The van der Waals surface area contributed by atoms with Crippen LogP contribution >= 0.6 is 0 Å². The molecular formula is C28H29FN4O4. The van der Waals surface area contributed by atoms with Gasteiger partial charge in [-0.2, -0.15) is 0 Å². The summed E-state index contributed by atoms with van der Waals surface area (Å²) in [5.41, 5.74) is 3.02. The van der Waals surface area contributed by atoms with Gasteiger partial charge in [0.25, 0.3) is 5.91 Å². The highest BCUT2D eigenvalue weighted by Crippen LogP contribution is 2.27. The third-order valence-corrected chi connectivity index (χ3v) is 6.42. The van der Waals surface area contributed by atoms with Crippen molar-refractivity contribution in [1.82, 2.24) is 19.4 Å². The molecule has 0 atom stereocenters. The van der Waals surface area contributed by atoms with Crippen LogP contribution in [0.15, 0.2) is 73.1 Å². The lowest BCUT2D eigenvalue weighted by molar-refractivity contribution is 0.0615. The monoisotopic (exact) mass is 504 g/mol. The molecule has 1 N–H and O–H groups in total. The maximum atomic E-state index is 13.1. The first-order chi connectivity index (χ1) is 18.1. The normalized spacial score (nSPS) is 14.2. The van der Waals surface area contributed by atoms with E-state index >= 15 is 0 Å². The molecule has 0 aliphatic carbocycles. The van der Waals surface area contributed by atoms with Crippen molar-refractivity contribution in [3.63, 3.8) is 0 Å². The molecule has 4 aromatic rings. The lowest BCUT2D eigenvalue weighted by atomic mass is 10.1. The second-order valence-electron chi connectivity index (χ2n) is 8.79. The van der Waals surface area contributed by atoms with Crippen LogP contribution < -0.4 is 9.47 Å². The summed E-state index contributed by atoms with van der Waals surface area (Å²) in [5, 5.41) is 9.12. The molecule has 0 bridgehead atoms. The molecule has 2 heterocycles. The van der Waals surface area contributed by atoms with Gasteiger partial charge in [0.05, 0.1) is 23.3 Å². The summed E-state index contributed by atoms with van der Waals surface area (Å²) in [5.74, 6) is 0.935. The summed E-state index contributed by atoms with van der Waals surface area (Å²) >= 11 is 0. The summed E-state index contributed by atoms with van der Waals surface area (Å²) in [4.78, 5) is 21.6. The molecule has 192 valence electrons. The Hall–Kier alpha value is -3.95. The summed E-state index contributed by atoms with van der Waals surface area (Å²) in [7, 11) is 0. The lowest BCUT2D eigenvalue weighted by Gasteiger charge is -2.34. The van der Waals surface area contributed by atoms with Crippen LogP contribution in [0.3, 0.4) is 0 Å². The highest BCUT2D eigenvalue weighted by molar-refractivity contribution is 5.97. The number of para-hydroxylation sites is 2. The number of imidazole rings is 1. The Labute approximate surface area is 214 Å². The molecule has 1 fully saturated rings. The first-order valence-electron chi connectivity index (χ1n) is 12.3. The van der Waals surface area contributed by atoms with Crippen molar-refractivity contribution in [2.24, 2.45) is 0 Å². The first-order valence-corrected chi connectivity index (χ1v) is 12.3. The zero-order chi connectivity index (χ0) is 25.6. The number of amides is 1. The molecule has 8 nitrogen and oxygen atoms in total. The van der Waals surface area contributed by atoms with Crippen LogP contribution in [0, 0.1) is 5.82 Å². The number of fused-ring (bicyclic) bond motifs is 1. The summed E-state index contributed by atoms with van der Waals surface area (Å²) in [6.45, 7) is 4.18. The van der Waals surface area contributed by atoms with Gasteiger partial charge in [0, 0.05) is 38.3 Å². The minimum Gasteiger partial charge on any atom is -0.490 e. The molecule has 37 heavy (non-hydrogen) atoms. The van der Waals surface area contributed by atoms with Gasteiger partial charge in [0.1, 0.15) is 36.9 Å². The average molecular weight is 505 g/mol. The smallest absolute Gasteiger partial charge is 0.254 e. The van der Waals surface area contributed by atoms with Crippen LogP contribution in [0.2, 0.25) is 0 Å². The number of aromatic nitrogens is 2. The molecule has 9 heteroatoms. The highest BCUT2D eigenvalue weighted by atomic mass is 19.1. The molecule has 1 saturated heterocycles. The molecule has 0 saturated carbocycles. The third-order valence-electron chi connectivity index (χ3n) is 6.42. The number of benzene rings is 3. The van der Waals surface area contributed by atoms with Crippen LogP contribution in [0.25, 0.3) is 16.7 Å². The number of hydrogen-bond donors (Lipinski definition) is 1. The van der Waals surface area contributed by atoms with E-state index in [2.05, 4.69) is 9.88 Å². The van der Waals surface area contributed by atoms with Gasteiger partial charge in [-0.25, -0.2) is 9.37 Å². The summed E-state index contributed by atoms with van der Waals surface area (Å²) in [6, 6.07) is 19.1. The minimum atomic E-state index is -0.307. The van der Waals surface area contributed by atoms with Gasteiger partial charge in [-0.3, -0.25) is 14.3 Å². The number of nitrogens with zero attached hydrogens (tertiary/aromatic N) is 4. The predicted octanol–water partition coefficient (Wildman–Crippen LogP) is 3.37. The first kappa shape index (κ1) is 24.7. The molecule has 1 aliphatic rings. The Morgan fingerprint density at radius 2 is 1.70 bits per heavy atom. The molecule has 0 unspecified atom stereocenters. The Morgan fingerprint density at radius 1 is 0.946 bits per heavy atom. The minimum absolute atomic E-state index is 0.00927. The van der Waals surface area contributed by atoms with Crippen molar-refractivity contribution in [3.8, 4) is 17.2 Å². The Morgan fingerprint density at radius 3 is 2.49 bits per heavy atom. The van der Waals surface area contributed by atoms with E-state index in [-0.39, 0.29) is 18.3 Å². The van der Waals surface area contributed by atoms with Gasteiger partial charge in [0.15, 0.2) is 0 Å². The number of aliphatic hydroxyl groups is 1. The maximum Gasteiger partial charge on any atom is 0.254 e. The van der Waals surface area contributed by atoms with Gasteiger partial charge >= 0.3 is 0 Å². The number of piperazine rings is 1. The summed E-state index contributed by atoms with van der Waals surface area (Å²) in [6.07, 6.45) is 1.73. The highest BCUT2D eigenvalue weighted by Gasteiger charge is 2.22. The largest absolute Gasteiger partial charge is 0.490 e. The van der Waals surface area contributed by atoms with E-state index in [0.29, 0.717) is 49.9 Å². The van der Waals surface area contributed by atoms with Crippen LogP contribution in [-0.4, -0.2) is 82.9 Å². The van der Waals surface area contributed by atoms with Crippen LogP contribution in [0.1, 0.15) is 10.4 Å². The lowest BCUT2D eigenvalue weighted by Crippen LogP contribution is -2.49. The molecule has 1 aromatic heterocycles. The zero-order valence-corrected chi connectivity index (χ0v) is 20.4. The standard InChI is InChI=1S/C28H29FN4O4/c29-22-6-8-23(9-7-22)36-17-18-37-27-4-2-1-3-26(27)33-20-30-24-19-21(5-10-25(24)33)28(35)32-13-11-31(12-14-32)15-16-34/h1-10,19-20,34H,11-18H2. The van der Waals surface area contributed by atoms with Gasteiger partial charge in [0.2, 0.25) is 0 Å². The van der Waals surface area contributed by atoms with E-state index in [0.717, 1.165) is 29.8 Å². The molecule has 1 aliphatic heterocycles. The van der Waals surface area contributed by atoms with Crippen molar-refractivity contribution in [2.75, 3.05) is 52.5 Å². The fourth-order valence-electron chi connectivity index (χ4n) is 4.46. The van der Waals surface area contributed by atoms with E-state index in [1.807, 2.05) is 51.9 Å². The van der Waals surface area contributed by atoms with Crippen molar-refractivity contribution >= 4 is 16.9 Å². The van der Waals surface area contributed by atoms with Crippen LogP contribution in [0.5, 0.6) is 11.5 Å². The predicted molar refractivity (Wildman–Crippen MR) is 138 cm³/mol. The van der Waals surface area contributed by atoms with Crippen molar-refractivity contribution in [2.45, 2.75) is 0 Å². The molecule has 0 spiro atoms. The fraction of sp³-hybridized carbons (Fsp3) is 0.286. The number of β-amino-alcohol motifs (C(OH)–C–C–N with tert-alkyl or cyclic N) is 1. The van der Waals surface area contributed by atoms with Crippen LogP contribution in [-0.2, 0) is 0 Å². The van der Waals surface area contributed by atoms with Crippen molar-refractivity contribution in [1.29, 1.82) is 0 Å². The fourth-order valence-corrected chi connectivity index (χ4v) is 4.46. The maximum absolute atomic E-state index is 13.1. The number of ether oxygens (including phenoxy) is 2. The number of hydrogen-bond acceptors (Lipinski definition) is 6. The van der Waals surface area contributed by atoms with E-state index in [4.69, 9.17) is 14.6 Å². The molecule has 5 rings (SSSR count). The quantitative estimate of drug-likeness (QED) is 0.352. The second kappa shape index (κ2) is 11.4. The number of carbonyl (C=O) groups is 1. The van der Waals surface area contributed by atoms with Crippen molar-refractivity contribution in [3.05, 3.63) is 84.4 Å². The molecule has 1 amide bonds. The van der Waals surface area contributed by atoms with Gasteiger partial charge in [-0.05, 0) is 54.6 Å². The van der Waals surface area contributed by atoms with E-state index in [9.17, 15) is 9.18 Å².